The van der Waals surface area contributed by atoms with E-state index in [0.29, 0.717) is 25.1 Å². The Kier molecular flexibility index (Phi) is 7.95. The third-order valence-corrected chi connectivity index (χ3v) is 5.40. The van der Waals surface area contributed by atoms with Crippen molar-refractivity contribution in [3.63, 3.8) is 0 Å². The monoisotopic (exact) mass is 419 g/mol. The van der Waals surface area contributed by atoms with Gasteiger partial charge in [-0.3, -0.25) is 0 Å². The van der Waals surface area contributed by atoms with E-state index in [9.17, 15) is 15.0 Å². The predicted molar refractivity (Wildman–Crippen MR) is 121 cm³/mol. The first-order chi connectivity index (χ1) is 15.0. The summed E-state index contributed by atoms with van der Waals surface area (Å²) in [6.07, 6.45) is -0.0900. The molecule has 0 heterocycles. The molecule has 5 nitrogen and oxygen atoms in total. The Balaban J connectivity index is 1.49. The van der Waals surface area contributed by atoms with Crippen LogP contribution in [0.5, 0.6) is 0 Å². The zero-order valence-corrected chi connectivity index (χ0v) is 17.7. The summed E-state index contributed by atoms with van der Waals surface area (Å²) < 4.78 is 5.31. The van der Waals surface area contributed by atoms with Crippen LogP contribution >= 0.6 is 0 Å². The molecule has 0 spiro atoms. The average Bonchev–Trinajstić information content (AvgIpc) is 2.84. The molecule has 2 atom stereocenters. The van der Waals surface area contributed by atoms with Crippen LogP contribution in [0.4, 0.5) is 0 Å². The predicted octanol–water partition coefficient (Wildman–Crippen LogP) is 3.81. The van der Waals surface area contributed by atoms with E-state index in [1.807, 2.05) is 67.6 Å². The van der Waals surface area contributed by atoms with Gasteiger partial charge in [-0.1, -0.05) is 79.7 Å². The molecule has 0 bridgehead atoms. The summed E-state index contributed by atoms with van der Waals surface area (Å²) in [6, 6.07) is 25.8. The molecule has 0 saturated carbocycles. The highest BCUT2D eigenvalue weighted by atomic mass is 16.5. The van der Waals surface area contributed by atoms with Gasteiger partial charge in [0.05, 0.1) is 11.7 Å². The SMILES string of the molecule is CCC(O)(c1ccccc1)c1ccc(C(=O)OCCNCC(O)c2ccccc2)cc1. The summed E-state index contributed by atoms with van der Waals surface area (Å²) in [7, 11) is 0. The van der Waals surface area contributed by atoms with Gasteiger partial charge in [-0.25, -0.2) is 4.79 Å². The number of benzene rings is 3. The molecule has 0 radical (unpaired) electrons. The van der Waals surface area contributed by atoms with Crippen molar-refractivity contribution in [2.45, 2.75) is 25.0 Å². The van der Waals surface area contributed by atoms with Gasteiger partial charge in [0.25, 0.3) is 0 Å². The topological polar surface area (TPSA) is 78.8 Å². The maximum absolute atomic E-state index is 12.3. The number of hydrogen-bond acceptors (Lipinski definition) is 5. The molecule has 0 amide bonds. The van der Waals surface area contributed by atoms with E-state index in [4.69, 9.17) is 4.74 Å². The van der Waals surface area contributed by atoms with E-state index in [0.717, 1.165) is 16.7 Å². The van der Waals surface area contributed by atoms with E-state index in [1.54, 1.807) is 24.3 Å². The Morgan fingerprint density at radius 1 is 0.935 bits per heavy atom. The first kappa shape index (κ1) is 22.7. The van der Waals surface area contributed by atoms with E-state index in [1.165, 1.54) is 0 Å². The Bertz CT molecular complexity index is 944. The molecule has 31 heavy (non-hydrogen) atoms. The summed E-state index contributed by atoms with van der Waals surface area (Å²) in [5.74, 6) is -0.420. The second-order valence-corrected chi connectivity index (χ2v) is 7.42. The number of rotatable bonds is 10. The maximum atomic E-state index is 12.3. The molecule has 5 heteroatoms. The van der Waals surface area contributed by atoms with Gasteiger partial charge >= 0.3 is 5.97 Å². The molecular formula is C26H29NO4. The van der Waals surface area contributed by atoms with Gasteiger partial charge in [0.2, 0.25) is 0 Å². The standard InChI is InChI=1S/C26H29NO4/c1-2-26(30,22-11-7-4-8-12-22)23-15-13-21(14-16-23)25(29)31-18-17-27-19-24(28)20-9-5-3-6-10-20/h3-16,24,27-28,30H,2,17-19H2,1H3. The molecule has 0 aliphatic rings. The first-order valence-electron chi connectivity index (χ1n) is 10.5. The lowest BCUT2D eigenvalue weighted by atomic mass is 9.84. The largest absolute Gasteiger partial charge is 0.461 e. The van der Waals surface area contributed by atoms with Crippen molar-refractivity contribution in [1.82, 2.24) is 5.32 Å². The number of carbonyl (C=O) groups is 1. The van der Waals surface area contributed by atoms with Crippen LogP contribution in [0, 0.1) is 0 Å². The smallest absolute Gasteiger partial charge is 0.338 e. The van der Waals surface area contributed by atoms with Crippen molar-refractivity contribution in [2.24, 2.45) is 0 Å². The fraction of sp³-hybridized carbons (Fsp3) is 0.269. The third kappa shape index (κ3) is 5.79. The molecule has 3 N–H and O–H groups in total. The fourth-order valence-electron chi connectivity index (χ4n) is 3.50. The number of nitrogens with one attached hydrogen (secondary N) is 1. The van der Waals surface area contributed by atoms with Crippen molar-refractivity contribution in [3.05, 3.63) is 107 Å². The lowest BCUT2D eigenvalue weighted by molar-refractivity contribution is 0.0503. The second kappa shape index (κ2) is 10.9. The number of carbonyl (C=O) groups excluding carboxylic acids is 1. The second-order valence-electron chi connectivity index (χ2n) is 7.42. The summed E-state index contributed by atoms with van der Waals surface area (Å²) in [5.41, 5.74) is 1.72. The first-order valence-corrected chi connectivity index (χ1v) is 10.5. The number of aliphatic hydroxyl groups is 2. The quantitative estimate of drug-likeness (QED) is 0.344. The normalized spacial score (nSPS) is 13.9. The van der Waals surface area contributed by atoms with Gasteiger partial charge in [-0.15, -0.1) is 0 Å². The molecule has 0 aliphatic carbocycles. The highest BCUT2D eigenvalue weighted by molar-refractivity contribution is 5.89. The van der Waals surface area contributed by atoms with Crippen molar-refractivity contribution in [2.75, 3.05) is 19.7 Å². The molecule has 2 unspecified atom stereocenters. The Morgan fingerprint density at radius 3 is 2.13 bits per heavy atom. The maximum Gasteiger partial charge on any atom is 0.338 e. The summed E-state index contributed by atoms with van der Waals surface area (Å²) in [4.78, 5) is 12.3. The number of aliphatic hydroxyl groups excluding tert-OH is 1. The Labute approximate surface area is 183 Å². The van der Waals surface area contributed by atoms with Crippen LogP contribution in [0.1, 0.15) is 46.5 Å². The van der Waals surface area contributed by atoms with Crippen LogP contribution in [-0.2, 0) is 10.3 Å². The van der Waals surface area contributed by atoms with Crippen molar-refractivity contribution >= 4 is 5.97 Å². The highest BCUT2D eigenvalue weighted by Crippen LogP contribution is 2.32. The van der Waals surface area contributed by atoms with Gasteiger partial charge < -0.3 is 20.3 Å². The molecule has 3 rings (SSSR count). The van der Waals surface area contributed by atoms with Crippen LogP contribution in [0.2, 0.25) is 0 Å². The van der Waals surface area contributed by atoms with Gasteiger partial charge in [0.15, 0.2) is 0 Å². The zero-order valence-electron chi connectivity index (χ0n) is 17.7. The van der Waals surface area contributed by atoms with Gasteiger partial charge in [-0.05, 0) is 35.2 Å². The minimum atomic E-state index is -1.10. The van der Waals surface area contributed by atoms with Gasteiger partial charge in [0, 0.05) is 13.1 Å². The van der Waals surface area contributed by atoms with Crippen LogP contribution < -0.4 is 5.32 Å². The minimum Gasteiger partial charge on any atom is -0.461 e. The van der Waals surface area contributed by atoms with Gasteiger partial charge in [-0.2, -0.15) is 0 Å². The molecule has 0 fully saturated rings. The van der Waals surface area contributed by atoms with E-state index in [-0.39, 0.29) is 6.61 Å². The number of esters is 1. The zero-order chi connectivity index (χ0) is 22.1. The molecule has 162 valence electrons. The Hall–Kier alpha value is -2.99. The number of hydrogen-bond donors (Lipinski definition) is 3. The summed E-state index contributed by atoms with van der Waals surface area (Å²) in [5, 5.41) is 24.4. The fourth-order valence-corrected chi connectivity index (χ4v) is 3.50. The average molecular weight is 420 g/mol. The highest BCUT2D eigenvalue weighted by Gasteiger charge is 2.29. The minimum absolute atomic E-state index is 0.199. The van der Waals surface area contributed by atoms with E-state index >= 15 is 0 Å². The Morgan fingerprint density at radius 2 is 1.52 bits per heavy atom. The number of ether oxygens (including phenoxy) is 1. The molecular weight excluding hydrogens is 390 g/mol. The summed E-state index contributed by atoms with van der Waals surface area (Å²) >= 11 is 0. The lowest BCUT2D eigenvalue weighted by Crippen LogP contribution is -2.27. The van der Waals surface area contributed by atoms with E-state index < -0.39 is 17.7 Å². The van der Waals surface area contributed by atoms with Crippen LogP contribution in [-0.4, -0.2) is 35.9 Å². The van der Waals surface area contributed by atoms with Crippen molar-refractivity contribution in [1.29, 1.82) is 0 Å². The molecule has 0 aromatic heterocycles. The van der Waals surface area contributed by atoms with Crippen LogP contribution in [0.15, 0.2) is 84.9 Å². The third-order valence-electron chi connectivity index (χ3n) is 5.40. The van der Waals surface area contributed by atoms with Crippen LogP contribution in [0.3, 0.4) is 0 Å². The van der Waals surface area contributed by atoms with Crippen LogP contribution in [0.25, 0.3) is 0 Å². The summed E-state index contributed by atoms with van der Waals surface area (Å²) in [6.45, 7) is 2.95. The van der Waals surface area contributed by atoms with Gasteiger partial charge in [0.1, 0.15) is 12.2 Å². The van der Waals surface area contributed by atoms with Crippen molar-refractivity contribution < 1.29 is 19.7 Å². The van der Waals surface area contributed by atoms with E-state index in [2.05, 4.69) is 5.32 Å². The van der Waals surface area contributed by atoms with Crippen molar-refractivity contribution in [3.8, 4) is 0 Å². The molecule has 0 saturated heterocycles. The molecule has 0 aliphatic heterocycles. The molecule has 3 aromatic rings. The molecule has 3 aromatic carbocycles. The lowest BCUT2D eigenvalue weighted by Gasteiger charge is -2.28.